The van der Waals surface area contributed by atoms with Crippen molar-refractivity contribution >= 4 is 115 Å². The van der Waals surface area contributed by atoms with E-state index in [-0.39, 0.29) is 23.7 Å². The highest BCUT2D eigenvalue weighted by Gasteiger charge is 2.31. The Hall–Kier alpha value is -13.3. The molecule has 0 aliphatic carbocycles. The number of hydrogen-bond acceptors (Lipinski definition) is 18. The van der Waals surface area contributed by atoms with Crippen LogP contribution in [0.15, 0.2) is 280 Å². The van der Waals surface area contributed by atoms with Crippen LogP contribution < -0.4 is 45.5 Å². The average molecular weight is 1770 g/mol. The molecular formula is C93H80Cl5F3N14O7S. The molecule has 123 heavy (non-hydrogen) atoms. The summed E-state index contributed by atoms with van der Waals surface area (Å²) in [6.07, 6.45) is 6.92. The Morgan fingerprint density at radius 3 is 1.53 bits per heavy atom. The number of rotatable bonds is 23. The lowest BCUT2D eigenvalue weighted by Gasteiger charge is -2.12. The van der Waals surface area contributed by atoms with Gasteiger partial charge < -0.3 is 40.2 Å². The van der Waals surface area contributed by atoms with E-state index in [4.69, 9.17) is 77.0 Å². The van der Waals surface area contributed by atoms with Crippen molar-refractivity contribution in [2.45, 2.75) is 46.3 Å². The number of nitrogens with one attached hydrogen (secondary N) is 5. The molecule has 0 aliphatic rings. The first-order chi connectivity index (χ1) is 59.4. The molecule has 7 heterocycles. The van der Waals surface area contributed by atoms with Gasteiger partial charge in [-0.1, -0.05) is 136 Å². The van der Waals surface area contributed by atoms with E-state index in [1.807, 2.05) is 135 Å². The minimum atomic E-state index is -4.32. The monoisotopic (exact) mass is 1770 g/mol. The SMILES string of the molecule is COc1cc(C)cc(C(=O)Nc2ncn(-c3ncc(C)cc3Cl)n2)c1.COc1cc(NC(=O)c2ccc(Cl)c(-c3ccccn3)c2)cc(OC)c1.COc1ccc(C(=O)Nc2ccc(Cl)c(-c3ccccn3)c2)cc1.Cc1cc(CCCNc2ccc(Cl)c(-c3ccccn3)c2)cc(C(F)(F)F)c1.Clc1sc(NCc2ccccc2)nc1-c1ccccn1. The van der Waals surface area contributed by atoms with Crippen molar-refractivity contribution in [3.63, 3.8) is 0 Å². The van der Waals surface area contributed by atoms with Gasteiger partial charge in [-0.3, -0.25) is 39.6 Å². The van der Waals surface area contributed by atoms with Crippen LogP contribution in [-0.4, -0.2) is 97.4 Å². The quantitative estimate of drug-likeness (QED) is 0.0373. The molecule has 8 aromatic carbocycles. The molecule has 0 saturated heterocycles. The van der Waals surface area contributed by atoms with E-state index >= 15 is 0 Å². The molecule has 0 aliphatic heterocycles. The maximum absolute atomic E-state index is 12.9. The van der Waals surface area contributed by atoms with Gasteiger partial charge in [0, 0.05) is 113 Å². The van der Waals surface area contributed by atoms with E-state index in [2.05, 4.69) is 78.7 Å². The van der Waals surface area contributed by atoms with Gasteiger partial charge in [0.25, 0.3) is 17.7 Å². The Labute approximate surface area is 737 Å². The highest BCUT2D eigenvalue weighted by Crippen LogP contribution is 2.37. The maximum atomic E-state index is 12.9. The van der Waals surface area contributed by atoms with Crippen LogP contribution in [0.5, 0.6) is 23.0 Å². The first-order valence-electron chi connectivity index (χ1n) is 37.8. The molecule has 3 amide bonds. The Bertz CT molecular complexity index is 6030. The summed E-state index contributed by atoms with van der Waals surface area (Å²) in [4.78, 5) is 67.4. The van der Waals surface area contributed by atoms with Crippen LogP contribution in [-0.2, 0) is 19.1 Å². The van der Waals surface area contributed by atoms with Gasteiger partial charge in [0.1, 0.15) is 39.4 Å². The molecule has 626 valence electrons. The second-order valence-corrected chi connectivity index (χ2v) is 30.2. The predicted octanol–water partition coefficient (Wildman–Crippen LogP) is 23.8. The number of amides is 3. The molecule has 15 rings (SSSR count). The zero-order valence-electron chi connectivity index (χ0n) is 67.2. The number of nitrogens with zero attached hydrogens (tertiary/aromatic N) is 9. The molecule has 7 aromatic heterocycles. The first-order valence-corrected chi connectivity index (χ1v) is 40.5. The van der Waals surface area contributed by atoms with E-state index in [1.165, 1.54) is 40.0 Å². The molecule has 0 radical (unpaired) electrons. The molecule has 0 spiro atoms. The van der Waals surface area contributed by atoms with Crippen molar-refractivity contribution in [1.82, 2.24) is 44.7 Å². The van der Waals surface area contributed by atoms with E-state index in [9.17, 15) is 27.6 Å². The van der Waals surface area contributed by atoms with E-state index in [1.54, 1.807) is 163 Å². The van der Waals surface area contributed by atoms with E-state index in [0.29, 0.717) is 123 Å². The summed E-state index contributed by atoms with van der Waals surface area (Å²) in [5.41, 5.74) is 13.4. The molecule has 21 nitrogen and oxygen atoms in total. The molecular weight excluding hydrogens is 1690 g/mol. The molecule has 5 N–H and O–H groups in total. The zero-order chi connectivity index (χ0) is 87.4. The maximum Gasteiger partial charge on any atom is 0.416 e. The van der Waals surface area contributed by atoms with E-state index in [0.717, 1.165) is 62.4 Å². The zero-order valence-corrected chi connectivity index (χ0v) is 71.8. The number of thiazole rings is 1. The van der Waals surface area contributed by atoms with Gasteiger partial charge in [0.15, 0.2) is 10.9 Å². The van der Waals surface area contributed by atoms with Crippen LogP contribution >= 0.6 is 69.3 Å². The molecule has 0 fully saturated rings. The van der Waals surface area contributed by atoms with Crippen LogP contribution in [0, 0.1) is 20.8 Å². The number of methoxy groups -OCH3 is 4. The number of aromatic nitrogens is 9. The summed E-state index contributed by atoms with van der Waals surface area (Å²) >= 11 is 32.6. The van der Waals surface area contributed by atoms with Crippen molar-refractivity contribution < 1.29 is 46.5 Å². The summed E-state index contributed by atoms with van der Waals surface area (Å²) in [5, 5.41) is 22.1. The molecule has 0 unspecified atom stereocenters. The summed E-state index contributed by atoms with van der Waals surface area (Å²) in [6, 6.07) is 72.0. The van der Waals surface area contributed by atoms with Gasteiger partial charge in [-0.2, -0.15) is 22.8 Å². The lowest BCUT2D eigenvalue weighted by molar-refractivity contribution is -0.137. The van der Waals surface area contributed by atoms with Gasteiger partial charge in [-0.15, -0.1) is 5.10 Å². The number of aryl methyl sites for hydroxylation is 4. The third-order valence-corrected chi connectivity index (χ3v) is 20.3. The second kappa shape index (κ2) is 44.3. The first kappa shape index (κ1) is 90.5. The Morgan fingerprint density at radius 1 is 0.431 bits per heavy atom. The molecule has 15 aromatic rings. The van der Waals surface area contributed by atoms with E-state index < -0.39 is 11.7 Å². The fourth-order valence-corrected chi connectivity index (χ4v) is 13.9. The van der Waals surface area contributed by atoms with Crippen molar-refractivity contribution in [2.75, 3.05) is 61.6 Å². The topological polar surface area (TPSA) is 256 Å². The smallest absolute Gasteiger partial charge is 0.416 e. The summed E-state index contributed by atoms with van der Waals surface area (Å²) in [6.45, 7) is 6.83. The summed E-state index contributed by atoms with van der Waals surface area (Å²) in [7, 11) is 6.25. The molecule has 30 heteroatoms. The van der Waals surface area contributed by atoms with Gasteiger partial charge >= 0.3 is 6.18 Å². The highest BCUT2D eigenvalue weighted by atomic mass is 35.5. The predicted molar refractivity (Wildman–Crippen MR) is 484 cm³/mol. The Morgan fingerprint density at radius 2 is 0.951 bits per heavy atom. The number of hydrogen-bond donors (Lipinski definition) is 5. The van der Waals surface area contributed by atoms with Gasteiger partial charge in [0.05, 0.1) is 76.9 Å². The van der Waals surface area contributed by atoms with Crippen molar-refractivity contribution in [3.8, 4) is 74.0 Å². The largest absolute Gasteiger partial charge is 0.497 e. The fourth-order valence-electron chi connectivity index (χ4n) is 11.9. The van der Waals surface area contributed by atoms with Crippen LogP contribution in [0.25, 0.3) is 51.0 Å². The normalized spacial score (nSPS) is 10.6. The highest BCUT2D eigenvalue weighted by molar-refractivity contribution is 7.20. The van der Waals surface area contributed by atoms with Gasteiger partial charge in [-0.25, -0.2) is 9.97 Å². The molecule has 0 bridgehead atoms. The second-order valence-electron chi connectivity index (χ2n) is 26.9. The standard InChI is InChI=1S/C22H20ClF3N2.C20H17ClN2O3.C19H15ClN2O2.C17H16ClN5O2.C15H12ClN3S/c1-15-11-16(13-17(12-15)22(24,25)26)5-4-10-27-18-7-8-20(23)19(14-18)21-6-2-3-9-28-21;1-25-15-10-14(11-16(12-15)26-2)23-20(24)13-6-7-18(21)17(9-13)19-5-3-4-8-22-19;1-24-15-8-5-13(6-9-15)19(23)22-14-7-10-17(20)16(12-14)18-4-2-3-11-21-18;1-10-4-12(7-13(5-10)25-3)16(24)21-17-20-9-23(22-17)15-14(18)6-11(2)8-19-15;16-14-13(12-8-4-5-9-17-12)19-15(20-14)18-10-11-6-2-1-3-7-11/h2-3,6-9,11-14,27H,4-5,10H2,1H3;3-12H,1-2H3,(H,23,24);2-12H,1H3,(H,22,23);4-9H,1-3H3,(H,21,22,24);1-9H,10H2,(H,18,19). The molecule has 0 atom stereocenters. The lowest BCUT2D eigenvalue weighted by Crippen LogP contribution is -2.13. The van der Waals surface area contributed by atoms with Crippen molar-refractivity contribution in [2.24, 2.45) is 0 Å². The Balaban J connectivity index is 0.000000150. The van der Waals surface area contributed by atoms with Crippen LogP contribution in [0.1, 0.15) is 70.9 Å². The van der Waals surface area contributed by atoms with Gasteiger partial charge in [0.2, 0.25) is 5.95 Å². The third-order valence-electron chi connectivity index (χ3n) is 17.9. The minimum Gasteiger partial charge on any atom is -0.497 e. The number of carbonyl (C=O) groups is 3. The number of carbonyl (C=O) groups excluding carboxylic acids is 3. The number of anilines is 5. The van der Waals surface area contributed by atoms with Crippen LogP contribution in [0.3, 0.4) is 0 Å². The number of halogens is 8. The van der Waals surface area contributed by atoms with Crippen LogP contribution in [0.4, 0.5) is 41.3 Å². The molecule has 0 saturated carbocycles. The summed E-state index contributed by atoms with van der Waals surface area (Å²) < 4.78 is 61.6. The average Bonchev–Trinajstić information content (AvgIpc) is 1.76. The minimum absolute atomic E-state index is 0.156. The van der Waals surface area contributed by atoms with Crippen molar-refractivity contribution in [1.29, 1.82) is 0 Å². The summed E-state index contributed by atoms with van der Waals surface area (Å²) in [5.74, 6) is 2.29. The third kappa shape index (κ3) is 26.6. The lowest BCUT2D eigenvalue weighted by atomic mass is 10.0. The number of alkyl halides is 3. The van der Waals surface area contributed by atoms with Gasteiger partial charge in [-0.05, 0) is 220 Å². The fraction of sp³-hybridized carbons (Fsp3) is 0.129. The Kier molecular flexibility index (Phi) is 32.6. The van der Waals surface area contributed by atoms with Crippen molar-refractivity contribution in [3.05, 3.63) is 354 Å². The number of pyridine rings is 5. The number of ether oxygens (including phenoxy) is 4. The van der Waals surface area contributed by atoms with Crippen LogP contribution in [0.2, 0.25) is 24.4 Å². The number of benzene rings is 8.